The van der Waals surface area contributed by atoms with Crippen LogP contribution in [0.1, 0.15) is 19.4 Å². The zero-order valence-corrected chi connectivity index (χ0v) is 9.79. The summed E-state index contributed by atoms with van der Waals surface area (Å²) in [7, 11) is 0. The van der Waals surface area contributed by atoms with Gasteiger partial charge >= 0.3 is 0 Å². The molecule has 1 aromatic carbocycles. The van der Waals surface area contributed by atoms with Crippen LogP contribution in [0.3, 0.4) is 0 Å². The number of terminal acetylenes is 1. The van der Waals surface area contributed by atoms with E-state index in [-0.39, 0.29) is 11.6 Å². The van der Waals surface area contributed by atoms with Crippen molar-refractivity contribution in [1.82, 2.24) is 5.32 Å². The molecule has 0 spiro atoms. The maximum absolute atomic E-state index is 5.82. The van der Waals surface area contributed by atoms with Crippen LogP contribution in [-0.4, -0.2) is 18.2 Å². The second-order valence-electron chi connectivity index (χ2n) is 4.70. The first-order valence-electron chi connectivity index (χ1n) is 5.58. The highest BCUT2D eigenvalue weighted by atomic mass is 16.5. The van der Waals surface area contributed by atoms with Crippen LogP contribution in [0.2, 0.25) is 0 Å². The number of benzene rings is 1. The molecule has 1 N–H and O–H groups in total. The van der Waals surface area contributed by atoms with Gasteiger partial charge in [0.15, 0.2) is 0 Å². The van der Waals surface area contributed by atoms with E-state index in [1.54, 1.807) is 0 Å². The van der Waals surface area contributed by atoms with Gasteiger partial charge in [-0.25, -0.2) is 0 Å². The van der Waals surface area contributed by atoms with Gasteiger partial charge in [-0.15, -0.1) is 6.42 Å². The number of para-hydroxylation sites is 1. The van der Waals surface area contributed by atoms with E-state index in [1.807, 2.05) is 32.0 Å². The molecule has 0 fully saturated rings. The molecule has 2 heteroatoms. The van der Waals surface area contributed by atoms with Crippen molar-refractivity contribution in [3.05, 3.63) is 29.8 Å². The van der Waals surface area contributed by atoms with Crippen LogP contribution in [0.5, 0.6) is 5.75 Å². The smallest absolute Gasteiger partial charge is 0.123 e. The number of rotatable bonds is 3. The average Bonchev–Trinajstić information content (AvgIpc) is 2.69. The highest BCUT2D eigenvalue weighted by molar-refractivity contribution is 5.37. The summed E-state index contributed by atoms with van der Waals surface area (Å²) in [6, 6.07) is 8.17. The molecule has 2 rings (SSSR count). The maximum atomic E-state index is 5.82. The average molecular weight is 215 g/mol. The van der Waals surface area contributed by atoms with Gasteiger partial charge in [-0.05, 0) is 25.5 Å². The molecular formula is C14H17NO. The minimum absolute atomic E-state index is 0.199. The number of hydrogen-bond donors (Lipinski definition) is 1. The van der Waals surface area contributed by atoms with Crippen LogP contribution in [0.4, 0.5) is 0 Å². The quantitative estimate of drug-likeness (QED) is 0.779. The number of hydrogen-bond acceptors (Lipinski definition) is 2. The van der Waals surface area contributed by atoms with E-state index in [2.05, 4.69) is 17.3 Å². The molecule has 16 heavy (non-hydrogen) atoms. The molecule has 0 saturated carbocycles. The molecule has 1 aliphatic heterocycles. The molecule has 84 valence electrons. The van der Waals surface area contributed by atoms with Crippen molar-refractivity contribution < 1.29 is 4.74 Å². The van der Waals surface area contributed by atoms with E-state index < -0.39 is 0 Å². The Morgan fingerprint density at radius 3 is 2.94 bits per heavy atom. The molecule has 0 aromatic heterocycles. The summed E-state index contributed by atoms with van der Waals surface area (Å²) in [5.74, 6) is 3.73. The van der Waals surface area contributed by atoms with Gasteiger partial charge in [-0.2, -0.15) is 0 Å². The highest BCUT2D eigenvalue weighted by Crippen LogP contribution is 2.27. The molecule has 0 bridgehead atoms. The monoisotopic (exact) mass is 215 g/mol. The van der Waals surface area contributed by atoms with Crippen LogP contribution in [0.15, 0.2) is 24.3 Å². The molecule has 2 nitrogen and oxygen atoms in total. The SMILES string of the molecule is C#CC(C)(C)NCC1Cc2ccccc2O1. The summed E-state index contributed by atoms with van der Waals surface area (Å²) in [4.78, 5) is 0. The first-order valence-corrected chi connectivity index (χ1v) is 5.58. The summed E-state index contributed by atoms with van der Waals surface area (Å²) in [6.45, 7) is 4.77. The van der Waals surface area contributed by atoms with Crippen LogP contribution >= 0.6 is 0 Å². The van der Waals surface area contributed by atoms with Gasteiger partial charge < -0.3 is 4.74 Å². The Balaban J connectivity index is 1.91. The van der Waals surface area contributed by atoms with E-state index in [0.29, 0.717) is 0 Å². The minimum atomic E-state index is -0.266. The second kappa shape index (κ2) is 4.19. The lowest BCUT2D eigenvalue weighted by atomic mass is 10.1. The first kappa shape index (κ1) is 11.0. The molecular weight excluding hydrogens is 198 g/mol. The van der Waals surface area contributed by atoms with Gasteiger partial charge in [0.1, 0.15) is 11.9 Å². The molecule has 1 aliphatic rings. The lowest BCUT2D eigenvalue weighted by Gasteiger charge is -2.22. The Labute approximate surface area is 97.0 Å². The Hall–Kier alpha value is -1.46. The second-order valence-corrected chi connectivity index (χ2v) is 4.70. The van der Waals surface area contributed by atoms with Crippen molar-refractivity contribution in [3.63, 3.8) is 0 Å². The fourth-order valence-electron chi connectivity index (χ4n) is 1.79. The zero-order valence-electron chi connectivity index (χ0n) is 9.79. The lowest BCUT2D eigenvalue weighted by Crippen LogP contribution is -2.43. The number of nitrogens with one attached hydrogen (secondary N) is 1. The Kier molecular flexibility index (Phi) is 2.89. The Bertz CT molecular complexity index is 392. The molecule has 0 radical (unpaired) electrons. The topological polar surface area (TPSA) is 21.3 Å². The fraction of sp³-hybridized carbons (Fsp3) is 0.429. The van der Waals surface area contributed by atoms with Crippen molar-refractivity contribution in [3.8, 4) is 18.1 Å². The van der Waals surface area contributed by atoms with E-state index in [1.165, 1.54) is 5.56 Å². The molecule has 1 atom stereocenters. The van der Waals surface area contributed by atoms with Crippen LogP contribution in [0.25, 0.3) is 0 Å². The maximum Gasteiger partial charge on any atom is 0.123 e. The summed E-state index contributed by atoms with van der Waals surface area (Å²) < 4.78 is 5.82. The minimum Gasteiger partial charge on any atom is -0.488 e. The third-order valence-electron chi connectivity index (χ3n) is 2.85. The van der Waals surface area contributed by atoms with Gasteiger partial charge in [0, 0.05) is 13.0 Å². The standard InChI is InChI=1S/C14H17NO/c1-4-14(2,3)15-10-12-9-11-7-5-6-8-13(11)16-12/h1,5-8,12,15H,9-10H2,2-3H3. The lowest BCUT2D eigenvalue weighted by molar-refractivity contribution is 0.218. The van der Waals surface area contributed by atoms with Crippen molar-refractivity contribution in [1.29, 1.82) is 0 Å². The third kappa shape index (κ3) is 2.37. The molecule has 0 aliphatic carbocycles. The molecule has 0 amide bonds. The highest BCUT2D eigenvalue weighted by Gasteiger charge is 2.24. The van der Waals surface area contributed by atoms with E-state index in [4.69, 9.17) is 11.2 Å². The molecule has 1 unspecified atom stereocenters. The van der Waals surface area contributed by atoms with Gasteiger partial charge in [-0.3, -0.25) is 5.32 Å². The van der Waals surface area contributed by atoms with Crippen molar-refractivity contribution in [2.45, 2.75) is 31.9 Å². The first-order chi connectivity index (χ1) is 7.61. The summed E-state index contributed by atoms with van der Waals surface area (Å²) in [5.41, 5.74) is 1.02. The van der Waals surface area contributed by atoms with Crippen LogP contribution in [0, 0.1) is 12.3 Å². The van der Waals surface area contributed by atoms with Crippen LogP contribution in [-0.2, 0) is 6.42 Å². The van der Waals surface area contributed by atoms with E-state index in [0.717, 1.165) is 18.7 Å². The number of ether oxygens (including phenoxy) is 1. The predicted molar refractivity (Wildman–Crippen MR) is 65.5 cm³/mol. The molecule has 1 aromatic rings. The van der Waals surface area contributed by atoms with Gasteiger partial charge in [0.25, 0.3) is 0 Å². The summed E-state index contributed by atoms with van der Waals surface area (Å²) >= 11 is 0. The summed E-state index contributed by atoms with van der Waals surface area (Å²) in [6.07, 6.45) is 6.58. The predicted octanol–water partition coefficient (Wildman–Crippen LogP) is 1.99. The van der Waals surface area contributed by atoms with Crippen molar-refractivity contribution >= 4 is 0 Å². The third-order valence-corrected chi connectivity index (χ3v) is 2.85. The normalized spacial score (nSPS) is 18.7. The largest absolute Gasteiger partial charge is 0.488 e. The molecule has 0 saturated heterocycles. The van der Waals surface area contributed by atoms with Crippen molar-refractivity contribution in [2.24, 2.45) is 0 Å². The van der Waals surface area contributed by atoms with Crippen molar-refractivity contribution in [2.75, 3.05) is 6.54 Å². The number of fused-ring (bicyclic) bond motifs is 1. The van der Waals surface area contributed by atoms with Crippen LogP contribution < -0.4 is 10.1 Å². The summed E-state index contributed by atoms with van der Waals surface area (Å²) in [5, 5.41) is 3.32. The van der Waals surface area contributed by atoms with Gasteiger partial charge in [0.2, 0.25) is 0 Å². The zero-order chi connectivity index (χ0) is 11.6. The molecule has 1 heterocycles. The van der Waals surface area contributed by atoms with E-state index in [9.17, 15) is 0 Å². The van der Waals surface area contributed by atoms with E-state index >= 15 is 0 Å². The van der Waals surface area contributed by atoms with Gasteiger partial charge in [0.05, 0.1) is 5.54 Å². The Morgan fingerprint density at radius 2 is 2.25 bits per heavy atom. The fourth-order valence-corrected chi connectivity index (χ4v) is 1.79. The van der Waals surface area contributed by atoms with Gasteiger partial charge in [-0.1, -0.05) is 24.1 Å². The Morgan fingerprint density at radius 1 is 1.50 bits per heavy atom.